The second-order valence-electron chi connectivity index (χ2n) is 10.7. The molecule has 2 fully saturated rings. The van der Waals surface area contributed by atoms with E-state index in [0.29, 0.717) is 17.9 Å². The molecule has 3 aromatic rings. The molecular weight excluding hydrogens is 516 g/mol. The van der Waals surface area contributed by atoms with Gasteiger partial charge in [-0.25, -0.2) is 8.78 Å². The highest BCUT2D eigenvalue weighted by atomic mass is 19.1. The summed E-state index contributed by atoms with van der Waals surface area (Å²) < 4.78 is 34.2. The predicted octanol–water partition coefficient (Wildman–Crippen LogP) is 4.20. The van der Waals surface area contributed by atoms with Crippen molar-refractivity contribution in [2.75, 3.05) is 24.7 Å². The van der Waals surface area contributed by atoms with Gasteiger partial charge in [-0.2, -0.15) is 0 Å². The fourth-order valence-corrected chi connectivity index (χ4v) is 5.34. The maximum absolute atomic E-state index is 15.1. The number of hydrogen-bond donors (Lipinski definition) is 3. The number of nitrogens with zero attached hydrogens (tertiary/aromatic N) is 2. The van der Waals surface area contributed by atoms with Gasteiger partial charge in [0.25, 0.3) is 5.91 Å². The number of amides is 2. The molecule has 0 bridgehead atoms. The highest BCUT2D eigenvalue weighted by Gasteiger charge is 2.41. The second-order valence-corrected chi connectivity index (χ2v) is 10.7. The Labute approximate surface area is 231 Å². The summed E-state index contributed by atoms with van der Waals surface area (Å²) in [5.74, 6) is -1.69. The van der Waals surface area contributed by atoms with E-state index in [2.05, 4.69) is 10.3 Å². The van der Waals surface area contributed by atoms with Crippen LogP contribution < -0.4 is 16.8 Å². The van der Waals surface area contributed by atoms with E-state index in [9.17, 15) is 14.0 Å². The van der Waals surface area contributed by atoms with Crippen LogP contribution in [0.5, 0.6) is 0 Å². The Morgan fingerprint density at radius 2 is 1.80 bits per heavy atom. The molecule has 10 heteroatoms. The van der Waals surface area contributed by atoms with Gasteiger partial charge in [-0.1, -0.05) is 18.9 Å². The van der Waals surface area contributed by atoms with Crippen LogP contribution >= 0.6 is 0 Å². The van der Waals surface area contributed by atoms with Crippen LogP contribution in [0.1, 0.15) is 53.6 Å². The van der Waals surface area contributed by atoms with Crippen molar-refractivity contribution in [3.63, 3.8) is 0 Å². The molecule has 2 amide bonds. The van der Waals surface area contributed by atoms with E-state index in [1.165, 1.54) is 43.1 Å². The first-order chi connectivity index (χ1) is 19.2. The Hall–Kier alpha value is -3.89. The van der Waals surface area contributed by atoms with Gasteiger partial charge in [0.05, 0.1) is 23.0 Å². The minimum absolute atomic E-state index is 0.0305. The van der Waals surface area contributed by atoms with Gasteiger partial charge in [-0.3, -0.25) is 14.6 Å². The molecule has 40 heavy (non-hydrogen) atoms. The number of pyridine rings is 1. The van der Waals surface area contributed by atoms with Crippen LogP contribution in [0.4, 0.5) is 20.2 Å². The molecule has 2 heterocycles. The Morgan fingerprint density at radius 1 is 1.07 bits per heavy atom. The summed E-state index contributed by atoms with van der Waals surface area (Å²) in [4.78, 5) is 32.2. The SMILES string of the molecule is CO[C@@H]1C[C@H](C(=O)Nc2cc(C(N)(CCC3CC3)c3ccncc3)ccc2F)N(C(=O)c2ccc(F)c(N)c2)C1. The molecule has 2 aliphatic rings. The summed E-state index contributed by atoms with van der Waals surface area (Å²) in [6.07, 6.45) is 7.11. The van der Waals surface area contributed by atoms with Gasteiger partial charge in [-0.05, 0) is 72.4 Å². The van der Waals surface area contributed by atoms with E-state index in [-0.39, 0.29) is 29.9 Å². The first-order valence-corrected chi connectivity index (χ1v) is 13.4. The van der Waals surface area contributed by atoms with E-state index < -0.39 is 41.1 Å². The van der Waals surface area contributed by atoms with E-state index in [1.54, 1.807) is 24.5 Å². The van der Waals surface area contributed by atoms with Crippen LogP contribution in [-0.4, -0.2) is 47.5 Å². The topological polar surface area (TPSA) is 124 Å². The lowest BCUT2D eigenvalue weighted by molar-refractivity contribution is -0.119. The molecule has 1 aliphatic carbocycles. The quantitative estimate of drug-likeness (QED) is 0.344. The molecule has 1 saturated heterocycles. The molecule has 210 valence electrons. The summed E-state index contributed by atoms with van der Waals surface area (Å²) in [6.45, 7) is 0.141. The lowest BCUT2D eigenvalue weighted by atomic mass is 9.79. The number of carbonyl (C=O) groups is 2. The number of halogens is 2. The number of anilines is 2. The molecule has 0 spiro atoms. The van der Waals surface area contributed by atoms with Crippen LogP contribution in [0.25, 0.3) is 0 Å². The minimum atomic E-state index is -0.940. The van der Waals surface area contributed by atoms with E-state index >= 15 is 4.39 Å². The molecule has 1 aromatic heterocycles. The monoisotopic (exact) mass is 549 g/mol. The number of likely N-dealkylation sites (tertiary alicyclic amines) is 1. The third-order valence-electron chi connectivity index (χ3n) is 7.98. The maximum Gasteiger partial charge on any atom is 0.254 e. The van der Waals surface area contributed by atoms with Gasteiger partial charge in [0.1, 0.15) is 17.7 Å². The smallest absolute Gasteiger partial charge is 0.254 e. The molecule has 1 unspecified atom stereocenters. The first-order valence-electron chi connectivity index (χ1n) is 13.4. The number of benzene rings is 2. The number of aromatic nitrogens is 1. The number of methoxy groups -OCH3 is 1. The Morgan fingerprint density at radius 3 is 2.48 bits per heavy atom. The molecular formula is C30H33F2N5O3. The summed E-state index contributed by atoms with van der Waals surface area (Å²) in [5, 5.41) is 2.68. The van der Waals surface area contributed by atoms with Crippen molar-refractivity contribution in [2.45, 2.75) is 49.8 Å². The van der Waals surface area contributed by atoms with Crippen molar-refractivity contribution >= 4 is 23.2 Å². The lowest BCUT2D eigenvalue weighted by Crippen LogP contribution is -2.43. The fourth-order valence-electron chi connectivity index (χ4n) is 5.34. The zero-order valence-corrected chi connectivity index (χ0v) is 22.3. The third-order valence-corrected chi connectivity index (χ3v) is 7.98. The van der Waals surface area contributed by atoms with Crippen LogP contribution in [0.2, 0.25) is 0 Å². The molecule has 8 nitrogen and oxygen atoms in total. The Balaban J connectivity index is 1.41. The summed E-state index contributed by atoms with van der Waals surface area (Å²) >= 11 is 0. The first kappa shape index (κ1) is 27.7. The molecule has 1 saturated carbocycles. The number of nitrogens with one attached hydrogen (secondary N) is 1. The largest absolute Gasteiger partial charge is 0.396 e. The second kappa shape index (κ2) is 11.3. The summed E-state index contributed by atoms with van der Waals surface area (Å²) in [6, 6.07) is 10.9. The van der Waals surface area contributed by atoms with Crippen molar-refractivity contribution in [3.8, 4) is 0 Å². The van der Waals surface area contributed by atoms with Crippen molar-refractivity contribution in [1.29, 1.82) is 0 Å². The van der Waals surface area contributed by atoms with Gasteiger partial charge in [0.15, 0.2) is 0 Å². The molecule has 3 atom stereocenters. The minimum Gasteiger partial charge on any atom is -0.396 e. The van der Waals surface area contributed by atoms with Gasteiger partial charge in [0.2, 0.25) is 5.91 Å². The highest BCUT2D eigenvalue weighted by Crippen LogP contribution is 2.40. The van der Waals surface area contributed by atoms with Crippen LogP contribution in [0.15, 0.2) is 60.9 Å². The van der Waals surface area contributed by atoms with Crippen LogP contribution in [0, 0.1) is 17.6 Å². The van der Waals surface area contributed by atoms with Crippen LogP contribution in [-0.2, 0) is 15.1 Å². The average Bonchev–Trinajstić information content (AvgIpc) is 3.70. The summed E-state index contributed by atoms with van der Waals surface area (Å²) in [5.41, 5.74) is 13.2. The van der Waals surface area contributed by atoms with E-state index in [4.69, 9.17) is 16.2 Å². The number of rotatable bonds is 9. The third kappa shape index (κ3) is 5.68. The maximum atomic E-state index is 15.1. The predicted molar refractivity (Wildman–Crippen MR) is 147 cm³/mol. The Bertz CT molecular complexity index is 1400. The summed E-state index contributed by atoms with van der Waals surface area (Å²) in [7, 11) is 1.49. The van der Waals surface area contributed by atoms with E-state index in [1.807, 2.05) is 12.1 Å². The average molecular weight is 550 g/mol. The standard InChI is InChI=1S/C30H33F2N5O3/c1-40-22-16-27(37(17-22)29(39)19-4-6-23(31)25(33)14-19)28(38)36-26-15-21(5-7-24(26)32)30(34,11-8-18-2-3-18)20-9-12-35-13-10-20/h4-7,9-10,12-15,18,22,27H,2-3,8,11,16-17,33-34H2,1H3,(H,36,38)/t22-,27-,30?/m1/s1. The molecule has 0 radical (unpaired) electrons. The van der Waals surface area contributed by atoms with Crippen molar-refractivity contribution in [3.05, 3.63) is 89.2 Å². The number of hydrogen-bond acceptors (Lipinski definition) is 6. The zero-order chi connectivity index (χ0) is 28.4. The van der Waals surface area contributed by atoms with Gasteiger partial charge in [0, 0.05) is 38.0 Å². The zero-order valence-electron chi connectivity index (χ0n) is 22.3. The van der Waals surface area contributed by atoms with Crippen molar-refractivity contribution in [2.24, 2.45) is 11.7 Å². The number of ether oxygens (including phenoxy) is 1. The van der Waals surface area contributed by atoms with Gasteiger partial charge < -0.3 is 26.4 Å². The highest BCUT2D eigenvalue weighted by molar-refractivity contribution is 6.02. The van der Waals surface area contributed by atoms with Crippen molar-refractivity contribution in [1.82, 2.24) is 9.88 Å². The fraction of sp³-hybridized carbons (Fsp3) is 0.367. The lowest BCUT2D eigenvalue weighted by Gasteiger charge is -2.31. The van der Waals surface area contributed by atoms with Crippen molar-refractivity contribution < 1.29 is 23.1 Å². The normalized spacial score (nSPS) is 20.2. The molecule has 1 aliphatic heterocycles. The molecule has 5 rings (SSSR count). The van der Waals surface area contributed by atoms with E-state index in [0.717, 1.165) is 18.1 Å². The van der Waals surface area contributed by atoms with Crippen LogP contribution in [0.3, 0.4) is 0 Å². The number of nitrogens with two attached hydrogens (primary N) is 2. The van der Waals surface area contributed by atoms with Gasteiger partial charge in [-0.15, -0.1) is 0 Å². The number of carbonyl (C=O) groups excluding carboxylic acids is 2. The number of nitrogen functional groups attached to an aromatic ring is 1. The molecule has 2 aromatic carbocycles. The molecule has 5 N–H and O–H groups in total. The Kier molecular flexibility index (Phi) is 7.82. The van der Waals surface area contributed by atoms with Gasteiger partial charge >= 0.3 is 0 Å².